The molecule has 0 amide bonds. The molecule has 39 heavy (non-hydrogen) atoms. The summed E-state index contributed by atoms with van der Waals surface area (Å²) in [7, 11) is 1.41. The topological polar surface area (TPSA) is 35.5 Å². The van der Waals surface area contributed by atoms with Crippen molar-refractivity contribution in [1.29, 1.82) is 0 Å². The summed E-state index contributed by atoms with van der Waals surface area (Å²) in [6.07, 6.45) is 18.9. The van der Waals surface area contributed by atoms with Crippen LogP contribution in [0.3, 0.4) is 0 Å². The number of rotatable bonds is 12. The highest BCUT2D eigenvalue weighted by atomic mass is 16.7. The van der Waals surface area contributed by atoms with E-state index in [0.29, 0.717) is 5.92 Å². The Kier molecular flexibility index (Phi) is 11.4. The smallest absolute Gasteiger partial charge is 0.438 e. The molecule has 0 heterocycles. The number of methoxy groups -OCH3 is 1. The summed E-state index contributed by atoms with van der Waals surface area (Å²) in [5.74, 6) is 2.24. The molecule has 3 nitrogen and oxygen atoms in total. The van der Waals surface area contributed by atoms with Crippen molar-refractivity contribution >= 4 is 6.16 Å². The Hall–Kier alpha value is -2.29. The number of unbranched alkanes of at least 4 members (excludes halogenated alkanes) is 4. The van der Waals surface area contributed by atoms with E-state index in [1.54, 1.807) is 0 Å². The van der Waals surface area contributed by atoms with Crippen LogP contribution in [0.2, 0.25) is 0 Å². The third kappa shape index (κ3) is 8.35. The lowest BCUT2D eigenvalue weighted by Gasteiger charge is -2.39. The van der Waals surface area contributed by atoms with E-state index in [0.717, 1.165) is 50.4 Å². The van der Waals surface area contributed by atoms with Crippen LogP contribution in [0.25, 0.3) is 11.1 Å². The van der Waals surface area contributed by atoms with Crippen LogP contribution >= 0.6 is 0 Å². The minimum absolute atomic E-state index is 0.352. The second-order valence-electron chi connectivity index (χ2n) is 12.4. The average molecular weight is 533 g/mol. The molecule has 2 saturated carbocycles. The van der Waals surface area contributed by atoms with E-state index in [2.05, 4.69) is 62.4 Å². The zero-order valence-electron chi connectivity index (χ0n) is 24.9. The molecule has 0 N–H and O–H groups in total. The lowest BCUT2D eigenvalue weighted by atomic mass is 9.74. The van der Waals surface area contributed by atoms with Crippen molar-refractivity contribution in [2.45, 2.75) is 134 Å². The number of ether oxygens (including phenoxy) is 2. The highest BCUT2D eigenvalue weighted by Gasteiger charge is 2.39. The normalized spacial score (nSPS) is 25.3. The van der Waals surface area contributed by atoms with E-state index in [-0.39, 0.29) is 5.60 Å². The summed E-state index contributed by atoms with van der Waals surface area (Å²) in [4.78, 5) is 12.0. The van der Waals surface area contributed by atoms with Crippen LogP contribution in [0.15, 0.2) is 48.5 Å². The van der Waals surface area contributed by atoms with Gasteiger partial charge in [-0.2, -0.15) is 0 Å². The van der Waals surface area contributed by atoms with Crippen molar-refractivity contribution in [2.24, 2.45) is 5.92 Å². The molecular weight excluding hydrogens is 480 g/mol. The predicted molar refractivity (Wildman–Crippen MR) is 162 cm³/mol. The molecule has 2 fully saturated rings. The fraction of sp³-hybridized carbons (Fsp3) is 0.639. The van der Waals surface area contributed by atoms with Crippen molar-refractivity contribution in [3.05, 3.63) is 59.7 Å². The Morgan fingerprint density at radius 3 is 1.74 bits per heavy atom. The number of benzene rings is 2. The molecule has 0 aromatic heterocycles. The minimum Gasteiger partial charge on any atom is -0.438 e. The highest BCUT2D eigenvalue weighted by Crippen LogP contribution is 2.43. The summed E-state index contributed by atoms with van der Waals surface area (Å²) in [6.45, 7) is 4.51. The lowest BCUT2D eigenvalue weighted by molar-refractivity contribution is -0.0573. The summed E-state index contributed by atoms with van der Waals surface area (Å²) in [5.41, 5.74) is 5.19. The van der Waals surface area contributed by atoms with Gasteiger partial charge in [0.25, 0.3) is 0 Å². The third-order valence-electron chi connectivity index (χ3n) is 9.76. The highest BCUT2D eigenvalue weighted by molar-refractivity contribution is 5.64. The Morgan fingerprint density at radius 1 is 0.718 bits per heavy atom. The van der Waals surface area contributed by atoms with E-state index in [1.165, 1.54) is 93.6 Å². The van der Waals surface area contributed by atoms with Crippen molar-refractivity contribution in [2.75, 3.05) is 7.11 Å². The van der Waals surface area contributed by atoms with E-state index in [9.17, 15) is 4.79 Å². The van der Waals surface area contributed by atoms with Gasteiger partial charge in [0.15, 0.2) is 0 Å². The molecule has 0 radical (unpaired) electrons. The Labute approximate surface area is 238 Å². The molecule has 0 aliphatic heterocycles. The molecule has 4 rings (SSSR count). The van der Waals surface area contributed by atoms with Gasteiger partial charge in [0.05, 0.1) is 7.11 Å². The van der Waals surface area contributed by atoms with Crippen LogP contribution in [0.5, 0.6) is 0 Å². The number of hydrogen-bond acceptors (Lipinski definition) is 3. The zero-order valence-corrected chi connectivity index (χ0v) is 24.9. The minimum atomic E-state index is -0.532. The molecule has 0 atom stereocenters. The molecule has 2 aliphatic rings. The van der Waals surface area contributed by atoms with Gasteiger partial charge in [0.1, 0.15) is 5.60 Å². The van der Waals surface area contributed by atoms with Gasteiger partial charge in [-0.25, -0.2) is 4.79 Å². The summed E-state index contributed by atoms with van der Waals surface area (Å²) < 4.78 is 10.7. The molecule has 214 valence electrons. The maximum atomic E-state index is 12.0. The van der Waals surface area contributed by atoms with Crippen molar-refractivity contribution in [3.63, 3.8) is 0 Å². The van der Waals surface area contributed by atoms with Gasteiger partial charge < -0.3 is 9.47 Å². The van der Waals surface area contributed by atoms with Crippen LogP contribution in [-0.4, -0.2) is 18.9 Å². The van der Waals surface area contributed by atoms with Gasteiger partial charge in [-0.15, -0.1) is 0 Å². The monoisotopic (exact) mass is 532 g/mol. The molecule has 2 aromatic rings. The van der Waals surface area contributed by atoms with E-state index in [4.69, 9.17) is 9.47 Å². The fourth-order valence-corrected chi connectivity index (χ4v) is 7.16. The lowest BCUT2D eigenvalue weighted by Crippen LogP contribution is -2.39. The maximum Gasteiger partial charge on any atom is 0.508 e. The Morgan fingerprint density at radius 2 is 1.23 bits per heavy atom. The van der Waals surface area contributed by atoms with Gasteiger partial charge in [0.2, 0.25) is 0 Å². The van der Waals surface area contributed by atoms with Crippen LogP contribution in [0.1, 0.15) is 140 Å². The number of carbonyl (C=O) groups is 1. The van der Waals surface area contributed by atoms with Gasteiger partial charge >= 0.3 is 6.16 Å². The largest absolute Gasteiger partial charge is 0.508 e. The van der Waals surface area contributed by atoms with Gasteiger partial charge in [-0.3, -0.25) is 0 Å². The second-order valence-corrected chi connectivity index (χ2v) is 12.4. The van der Waals surface area contributed by atoms with Crippen molar-refractivity contribution in [1.82, 2.24) is 0 Å². The Balaban J connectivity index is 1.30. The first-order valence-electron chi connectivity index (χ1n) is 16.0. The predicted octanol–water partition coefficient (Wildman–Crippen LogP) is 11.0. The van der Waals surface area contributed by atoms with Gasteiger partial charge in [-0.05, 0) is 104 Å². The fourth-order valence-electron chi connectivity index (χ4n) is 7.16. The molecule has 2 aliphatic carbocycles. The van der Waals surface area contributed by atoms with Gasteiger partial charge in [-0.1, -0.05) is 101 Å². The zero-order chi connectivity index (χ0) is 27.5. The molecule has 0 unspecified atom stereocenters. The standard InChI is InChI=1S/C36H52O3/c1-4-6-8-10-28-11-13-29(14-12-28)30-15-17-31(18-16-30)32-19-21-33(22-20-32)34-23-26-36(27-24-34,25-9-7-5-2)39-35(37)38-3/h15-22,28-29,34H,4-14,23-27H2,1-3H3/t28-,29-,34?,36?. The molecular formula is C36H52O3. The van der Waals surface area contributed by atoms with Crippen LogP contribution < -0.4 is 0 Å². The van der Waals surface area contributed by atoms with Crippen molar-refractivity contribution in [3.8, 4) is 11.1 Å². The second kappa shape index (κ2) is 14.9. The SMILES string of the molecule is CCCCCC1(OC(=O)OC)CCC(c2ccc(-c3ccc([C@H]4CC[C@H](CCCCC)CC4)cc3)cc2)CC1. The maximum absolute atomic E-state index is 12.0. The molecule has 2 aromatic carbocycles. The first-order chi connectivity index (χ1) is 19.1. The summed E-state index contributed by atoms with van der Waals surface area (Å²) in [6, 6.07) is 18.6. The molecule has 0 spiro atoms. The first kappa shape index (κ1) is 29.7. The molecule has 0 saturated heterocycles. The van der Waals surface area contributed by atoms with Crippen LogP contribution in [-0.2, 0) is 9.47 Å². The quantitative estimate of drug-likeness (QED) is 0.201. The molecule has 3 heteroatoms. The number of carbonyl (C=O) groups excluding carboxylic acids is 1. The number of hydrogen-bond donors (Lipinski definition) is 0. The average Bonchev–Trinajstić information content (AvgIpc) is 2.98. The van der Waals surface area contributed by atoms with E-state index >= 15 is 0 Å². The van der Waals surface area contributed by atoms with Gasteiger partial charge in [0, 0.05) is 0 Å². The van der Waals surface area contributed by atoms with E-state index in [1.807, 2.05) is 0 Å². The first-order valence-corrected chi connectivity index (χ1v) is 16.0. The van der Waals surface area contributed by atoms with Crippen LogP contribution in [0.4, 0.5) is 4.79 Å². The summed E-state index contributed by atoms with van der Waals surface area (Å²) in [5, 5.41) is 0. The molecule has 0 bridgehead atoms. The van der Waals surface area contributed by atoms with E-state index < -0.39 is 6.16 Å². The Bertz CT molecular complexity index is 977. The summed E-state index contributed by atoms with van der Waals surface area (Å²) >= 11 is 0. The van der Waals surface area contributed by atoms with Crippen molar-refractivity contribution < 1.29 is 14.3 Å². The van der Waals surface area contributed by atoms with Crippen LogP contribution in [0, 0.1) is 5.92 Å². The third-order valence-corrected chi connectivity index (χ3v) is 9.76.